The molecule has 1 aliphatic heterocycles. The second kappa shape index (κ2) is 5.26. The lowest BCUT2D eigenvalue weighted by Crippen LogP contribution is -2.47. The van der Waals surface area contributed by atoms with Crippen LogP contribution in [0.3, 0.4) is 0 Å². The Hall–Kier alpha value is -1.69. The molecule has 2 unspecified atom stereocenters. The molecule has 0 spiro atoms. The molecule has 2 heterocycles. The van der Waals surface area contributed by atoms with E-state index >= 15 is 0 Å². The van der Waals surface area contributed by atoms with Crippen LogP contribution in [0.1, 0.15) is 6.92 Å². The third-order valence-electron chi connectivity index (χ3n) is 4.01. The van der Waals surface area contributed by atoms with Gasteiger partial charge in [-0.3, -0.25) is 9.78 Å². The van der Waals surface area contributed by atoms with E-state index < -0.39 is 5.41 Å². The first-order valence-electron chi connectivity index (χ1n) is 6.70. The second-order valence-corrected chi connectivity index (χ2v) is 5.89. The number of ether oxygens (including phenoxy) is 1. The van der Waals surface area contributed by atoms with E-state index in [1.807, 2.05) is 13.0 Å². The van der Waals surface area contributed by atoms with Gasteiger partial charge in [0.1, 0.15) is 0 Å². The van der Waals surface area contributed by atoms with Crippen molar-refractivity contribution in [2.75, 3.05) is 18.5 Å². The molecule has 1 aromatic heterocycles. The van der Waals surface area contributed by atoms with Crippen LogP contribution >= 0.6 is 11.6 Å². The van der Waals surface area contributed by atoms with E-state index in [0.29, 0.717) is 29.4 Å². The molecule has 110 valence electrons. The Morgan fingerprint density at radius 2 is 2.33 bits per heavy atom. The topological polar surface area (TPSA) is 77.2 Å². The summed E-state index contributed by atoms with van der Waals surface area (Å²) < 4.78 is 5.32. The molecule has 2 aromatic rings. The van der Waals surface area contributed by atoms with Gasteiger partial charge in [-0.25, -0.2) is 0 Å². The van der Waals surface area contributed by atoms with Crippen LogP contribution in [0.2, 0.25) is 5.02 Å². The number of carbonyl (C=O) groups excluding carboxylic acids is 1. The number of benzene rings is 1. The maximum Gasteiger partial charge on any atom is 0.234 e. The van der Waals surface area contributed by atoms with Gasteiger partial charge in [-0.1, -0.05) is 11.6 Å². The van der Waals surface area contributed by atoms with E-state index in [-0.39, 0.29) is 11.9 Å². The Kier molecular flexibility index (Phi) is 3.57. The molecule has 0 aliphatic carbocycles. The van der Waals surface area contributed by atoms with Crippen molar-refractivity contribution in [2.45, 2.75) is 13.0 Å². The molecule has 0 bridgehead atoms. The molecule has 1 saturated heterocycles. The molecular weight excluding hydrogens is 290 g/mol. The highest BCUT2D eigenvalue weighted by molar-refractivity contribution is 6.35. The summed E-state index contributed by atoms with van der Waals surface area (Å²) >= 11 is 6.13. The first-order valence-corrected chi connectivity index (χ1v) is 7.08. The number of carbonyl (C=O) groups is 1. The standard InChI is InChI=1S/C15H16ClN3O2/c1-15(8-21-7-12(15)17)14(20)19-11-5-4-10(16)13-9(11)3-2-6-18-13/h2-6,12H,7-8,17H2,1H3,(H,19,20). The number of nitrogens with one attached hydrogen (secondary N) is 1. The first-order chi connectivity index (χ1) is 10.0. The van der Waals surface area contributed by atoms with E-state index in [9.17, 15) is 4.79 Å². The highest BCUT2D eigenvalue weighted by Gasteiger charge is 2.44. The molecular formula is C15H16ClN3O2. The van der Waals surface area contributed by atoms with E-state index in [0.717, 1.165) is 5.39 Å². The molecule has 6 heteroatoms. The van der Waals surface area contributed by atoms with Crippen molar-refractivity contribution in [3.8, 4) is 0 Å². The number of anilines is 1. The number of hydrogen-bond acceptors (Lipinski definition) is 4. The Bertz CT molecular complexity index is 706. The molecule has 1 aliphatic rings. The van der Waals surface area contributed by atoms with Crippen LogP contribution in [0.15, 0.2) is 30.5 Å². The van der Waals surface area contributed by atoms with Crippen molar-refractivity contribution in [3.05, 3.63) is 35.5 Å². The van der Waals surface area contributed by atoms with Crippen LogP contribution in [0.25, 0.3) is 10.9 Å². The summed E-state index contributed by atoms with van der Waals surface area (Å²) in [5.74, 6) is -0.153. The van der Waals surface area contributed by atoms with Crippen LogP contribution in [-0.4, -0.2) is 30.1 Å². The molecule has 3 N–H and O–H groups in total. The van der Waals surface area contributed by atoms with Gasteiger partial charge in [-0.05, 0) is 31.2 Å². The summed E-state index contributed by atoms with van der Waals surface area (Å²) in [6, 6.07) is 6.86. The fourth-order valence-corrected chi connectivity index (χ4v) is 2.65. The van der Waals surface area contributed by atoms with Crippen molar-refractivity contribution >= 4 is 34.1 Å². The monoisotopic (exact) mass is 305 g/mol. The van der Waals surface area contributed by atoms with Crippen LogP contribution in [0.5, 0.6) is 0 Å². The minimum absolute atomic E-state index is 0.153. The number of rotatable bonds is 2. The first kappa shape index (κ1) is 14.3. The number of aromatic nitrogens is 1. The lowest BCUT2D eigenvalue weighted by molar-refractivity contribution is -0.125. The van der Waals surface area contributed by atoms with Gasteiger partial charge in [0.2, 0.25) is 5.91 Å². The number of halogens is 1. The Labute approximate surface area is 127 Å². The normalized spacial score (nSPS) is 25.2. The van der Waals surface area contributed by atoms with Crippen molar-refractivity contribution in [2.24, 2.45) is 11.1 Å². The van der Waals surface area contributed by atoms with Gasteiger partial charge in [0.25, 0.3) is 0 Å². The Morgan fingerprint density at radius 1 is 1.52 bits per heavy atom. The van der Waals surface area contributed by atoms with Gasteiger partial charge in [-0.15, -0.1) is 0 Å². The molecule has 3 rings (SSSR count). The summed E-state index contributed by atoms with van der Waals surface area (Å²) in [4.78, 5) is 16.8. The molecule has 5 nitrogen and oxygen atoms in total. The summed E-state index contributed by atoms with van der Waals surface area (Å²) in [7, 11) is 0. The molecule has 1 amide bonds. The number of nitrogens with zero attached hydrogens (tertiary/aromatic N) is 1. The zero-order valence-corrected chi connectivity index (χ0v) is 12.4. The summed E-state index contributed by atoms with van der Waals surface area (Å²) in [5.41, 5.74) is 6.59. The fourth-order valence-electron chi connectivity index (χ4n) is 2.44. The van der Waals surface area contributed by atoms with Crippen molar-refractivity contribution < 1.29 is 9.53 Å². The minimum Gasteiger partial charge on any atom is -0.379 e. The predicted molar refractivity (Wildman–Crippen MR) is 82.3 cm³/mol. The molecule has 0 saturated carbocycles. The maximum atomic E-state index is 12.6. The van der Waals surface area contributed by atoms with Gasteiger partial charge in [0, 0.05) is 17.6 Å². The van der Waals surface area contributed by atoms with Gasteiger partial charge in [0.15, 0.2) is 0 Å². The highest BCUT2D eigenvalue weighted by atomic mass is 35.5. The number of hydrogen-bond donors (Lipinski definition) is 2. The minimum atomic E-state index is -0.728. The van der Waals surface area contributed by atoms with Gasteiger partial charge in [-0.2, -0.15) is 0 Å². The van der Waals surface area contributed by atoms with E-state index in [1.54, 1.807) is 24.4 Å². The average molecular weight is 306 g/mol. The Morgan fingerprint density at radius 3 is 3.05 bits per heavy atom. The summed E-state index contributed by atoms with van der Waals surface area (Å²) in [6.45, 7) is 2.53. The number of pyridine rings is 1. The lowest BCUT2D eigenvalue weighted by atomic mass is 9.84. The molecule has 21 heavy (non-hydrogen) atoms. The Balaban J connectivity index is 1.96. The van der Waals surface area contributed by atoms with Gasteiger partial charge >= 0.3 is 0 Å². The second-order valence-electron chi connectivity index (χ2n) is 5.49. The molecule has 1 aromatic carbocycles. The highest BCUT2D eigenvalue weighted by Crippen LogP contribution is 2.32. The third-order valence-corrected chi connectivity index (χ3v) is 4.31. The van der Waals surface area contributed by atoms with Crippen molar-refractivity contribution in [1.29, 1.82) is 0 Å². The summed E-state index contributed by atoms with van der Waals surface area (Å²) in [5, 5.41) is 4.28. The quantitative estimate of drug-likeness (QED) is 0.891. The van der Waals surface area contributed by atoms with Crippen LogP contribution in [0, 0.1) is 5.41 Å². The average Bonchev–Trinajstić information content (AvgIpc) is 2.83. The van der Waals surface area contributed by atoms with Gasteiger partial charge in [0.05, 0.1) is 34.9 Å². The van der Waals surface area contributed by atoms with Crippen LogP contribution in [-0.2, 0) is 9.53 Å². The van der Waals surface area contributed by atoms with E-state index in [4.69, 9.17) is 22.1 Å². The zero-order valence-electron chi connectivity index (χ0n) is 11.6. The smallest absolute Gasteiger partial charge is 0.234 e. The summed E-state index contributed by atoms with van der Waals surface area (Å²) in [6.07, 6.45) is 1.67. The molecule has 2 atom stereocenters. The van der Waals surface area contributed by atoms with Crippen LogP contribution in [0.4, 0.5) is 5.69 Å². The number of fused-ring (bicyclic) bond motifs is 1. The predicted octanol–water partition coefficient (Wildman–Crippen LogP) is 2.19. The van der Waals surface area contributed by atoms with Crippen LogP contribution < -0.4 is 11.1 Å². The van der Waals surface area contributed by atoms with Crippen molar-refractivity contribution in [3.63, 3.8) is 0 Å². The van der Waals surface area contributed by atoms with Crippen molar-refractivity contribution in [1.82, 2.24) is 4.98 Å². The van der Waals surface area contributed by atoms with E-state index in [1.165, 1.54) is 0 Å². The SMILES string of the molecule is CC1(C(=O)Nc2ccc(Cl)c3ncccc23)COCC1N. The lowest BCUT2D eigenvalue weighted by Gasteiger charge is -2.25. The maximum absolute atomic E-state index is 12.6. The van der Waals surface area contributed by atoms with E-state index in [2.05, 4.69) is 10.3 Å². The zero-order chi connectivity index (χ0) is 15.0. The third kappa shape index (κ3) is 2.37. The number of nitrogens with two attached hydrogens (primary N) is 1. The van der Waals surface area contributed by atoms with Gasteiger partial charge < -0.3 is 15.8 Å². The number of amides is 1. The molecule has 0 radical (unpaired) electrons. The fraction of sp³-hybridized carbons (Fsp3) is 0.333. The molecule has 1 fully saturated rings. The largest absolute Gasteiger partial charge is 0.379 e.